The van der Waals surface area contributed by atoms with Gasteiger partial charge >= 0.3 is 5.97 Å². The molecule has 1 heterocycles. The summed E-state index contributed by atoms with van der Waals surface area (Å²) in [6, 6.07) is 16.4. The van der Waals surface area contributed by atoms with Crippen molar-refractivity contribution < 1.29 is 14.3 Å². The summed E-state index contributed by atoms with van der Waals surface area (Å²) in [5, 5.41) is 5.28. The molecule has 28 heavy (non-hydrogen) atoms. The van der Waals surface area contributed by atoms with Crippen molar-refractivity contribution in [1.29, 1.82) is 0 Å². The standard InChI is InChI=1S/C21H21N3O4/c1-23(13-12-18(25)28-2)21(27)19-16-10-6-7-11-17(16)20(26)24(22-19)14-15-8-4-3-5-9-15/h3-11H,12-14H2,1-2H3. The lowest BCUT2D eigenvalue weighted by atomic mass is 10.1. The molecule has 7 nitrogen and oxygen atoms in total. The number of rotatable bonds is 6. The van der Waals surface area contributed by atoms with Crippen LogP contribution in [0.3, 0.4) is 0 Å². The van der Waals surface area contributed by atoms with E-state index in [0.29, 0.717) is 10.8 Å². The van der Waals surface area contributed by atoms with Gasteiger partial charge < -0.3 is 9.64 Å². The van der Waals surface area contributed by atoms with Crippen molar-refractivity contribution in [2.45, 2.75) is 13.0 Å². The fourth-order valence-electron chi connectivity index (χ4n) is 2.90. The normalized spacial score (nSPS) is 10.6. The van der Waals surface area contributed by atoms with Gasteiger partial charge in [0.1, 0.15) is 0 Å². The molecular formula is C21H21N3O4. The number of ether oxygens (including phenoxy) is 1. The highest BCUT2D eigenvalue weighted by Crippen LogP contribution is 2.15. The van der Waals surface area contributed by atoms with Crippen LogP contribution in [0.2, 0.25) is 0 Å². The van der Waals surface area contributed by atoms with Crippen LogP contribution in [-0.4, -0.2) is 47.3 Å². The SMILES string of the molecule is COC(=O)CCN(C)C(=O)c1nn(Cc2ccccc2)c(=O)c2ccccc12. The number of hydrogen-bond acceptors (Lipinski definition) is 5. The van der Waals surface area contributed by atoms with Gasteiger partial charge in [-0.05, 0) is 11.6 Å². The van der Waals surface area contributed by atoms with Gasteiger partial charge in [-0.2, -0.15) is 5.10 Å². The van der Waals surface area contributed by atoms with Crippen LogP contribution in [0.4, 0.5) is 0 Å². The second-order valence-corrected chi connectivity index (χ2v) is 6.40. The first kappa shape index (κ1) is 19.3. The molecule has 1 amide bonds. The van der Waals surface area contributed by atoms with E-state index in [-0.39, 0.29) is 36.7 Å². The summed E-state index contributed by atoms with van der Waals surface area (Å²) in [5.41, 5.74) is 0.830. The summed E-state index contributed by atoms with van der Waals surface area (Å²) >= 11 is 0. The number of carbonyl (C=O) groups excluding carboxylic acids is 2. The third kappa shape index (κ3) is 4.09. The molecule has 0 radical (unpaired) electrons. The van der Waals surface area contributed by atoms with Gasteiger partial charge in [-0.15, -0.1) is 0 Å². The predicted octanol–water partition coefficient (Wildman–Crippen LogP) is 2.08. The molecule has 0 fully saturated rings. The van der Waals surface area contributed by atoms with Gasteiger partial charge in [0.2, 0.25) is 0 Å². The monoisotopic (exact) mass is 379 g/mol. The number of amides is 1. The highest BCUT2D eigenvalue weighted by molar-refractivity contribution is 6.04. The van der Waals surface area contributed by atoms with E-state index in [4.69, 9.17) is 0 Å². The third-order valence-corrected chi connectivity index (χ3v) is 4.47. The van der Waals surface area contributed by atoms with E-state index in [9.17, 15) is 14.4 Å². The first-order valence-electron chi connectivity index (χ1n) is 8.87. The Morgan fingerprint density at radius 2 is 1.68 bits per heavy atom. The average molecular weight is 379 g/mol. The van der Waals surface area contributed by atoms with Gasteiger partial charge in [0.25, 0.3) is 11.5 Å². The Morgan fingerprint density at radius 3 is 2.36 bits per heavy atom. The summed E-state index contributed by atoms with van der Waals surface area (Å²) < 4.78 is 5.92. The lowest BCUT2D eigenvalue weighted by molar-refractivity contribution is -0.140. The molecule has 2 aromatic carbocycles. The molecule has 144 valence electrons. The maximum Gasteiger partial charge on any atom is 0.307 e. The second kappa shape index (κ2) is 8.47. The molecular weight excluding hydrogens is 358 g/mol. The van der Waals surface area contributed by atoms with Crippen LogP contribution in [-0.2, 0) is 16.1 Å². The summed E-state index contributed by atoms with van der Waals surface area (Å²) in [6.45, 7) is 0.454. The van der Waals surface area contributed by atoms with Gasteiger partial charge in [0.15, 0.2) is 5.69 Å². The molecule has 3 aromatic rings. The maximum atomic E-state index is 13.0. The van der Waals surface area contributed by atoms with Gasteiger partial charge in [0, 0.05) is 19.0 Å². The number of benzene rings is 2. The van der Waals surface area contributed by atoms with E-state index in [2.05, 4.69) is 9.84 Å². The van der Waals surface area contributed by atoms with Crippen LogP contribution in [0.5, 0.6) is 0 Å². The average Bonchev–Trinajstić information content (AvgIpc) is 2.74. The van der Waals surface area contributed by atoms with Crippen molar-refractivity contribution >= 4 is 22.6 Å². The number of esters is 1. The fraction of sp³-hybridized carbons (Fsp3) is 0.238. The summed E-state index contributed by atoms with van der Waals surface area (Å²) in [7, 11) is 2.90. The molecule has 3 rings (SSSR count). The van der Waals surface area contributed by atoms with Crippen molar-refractivity contribution in [2.24, 2.45) is 0 Å². The van der Waals surface area contributed by atoms with Crippen molar-refractivity contribution in [2.75, 3.05) is 20.7 Å². The van der Waals surface area contributed by atoms with E-state index in [1.807, 2.05) is 30.3 Å². The number of nitrogens with zero attached hydrogens (tertiary/aromatic N) is 3. The van der Waals surface area contributed by atoms with Gasteiger partial charge in [-0.25, -0.2) is 4.68 Å². The molecule has 0 aliphatic rings. The van der Waals surface area contributed by atoms with Crippen molar-refractivity contribution in [3.8, 4) is 0 Å². The lowest BCUT2D eigenvalue weighted by Gasteiger charge is -2.18. The first-order chi connectivity index (χ1) is 13.5. The molecule has 1 aromatic heterocycles. The van der Waals surface area contributed by atoms with Crippen LogP contribution in [0.1, 0.15) is 22.5 Å². The minimum atomic E-state index is -0.397. The first-order valence-corrected chi connectivity index (χ1v) is 8.87. The highest BCUT2D eigenvalue weighted by Gasteiger charge is 2.20. The van der Waals surface area contributed by atoms with E-state index < -0.39 is 5.97 Å². The van der Waals surface area contributed by atoms with Crippen LogP contribution >= 0.6 is 0 Å². The predicted molar refractivity (Wildman–Crippen MR) is 105 cm³/mol. The number of methoxy groups -OCH3 is 1. The molecule has 0 N–H and O–H groups in total. The topological polar surface area (TPSA) is 81.5 Å². The Kier molecular flexibility index (Phi) is 5.84. The Balaban J connectivity index is 2.01. The third-order valence-electron chi connectivity index (χ3n) is 4.47. The largest absolute Gasteiger partial charge is 0.469 e. The molecule has 0 aliphatic heterocycles. The summed E-state index contributed by atoms with van der Waals surface area (Å²) in [4.78, 5) is 38.6. The lowest BCUT2D eigenvalue weighted by Crippen LogP contribution is -2.33. The minimum Gasteiger partial charge on any atom is -0.469 e. The van der Waals surface area contributed by atoms with Crippen molar-refractivity contribution in [1.82, 2.24) is 14.7 Å². The Hall–Kier alpha value is -3.48. The Morgan fingerprint density at radius 1 is 1.04 bits per heavy atom. The number of fused-ring (bicyclic) bond motifs is 1. The zero-order chi connectivity index (χ0) is 20.1. The Labute approximate surface area is 162 Å². The molecule has 7 heteroatoms. The molecule has 0 aliphatic carbocycles. The fourth-order valence-corrected chi connectivity index (χ4v) is 2.90. The van der Waals surface area contributed by atoms with Gasteiger partial charge in [-0.3, -0.25) is 14.4 Å². The summed E-state index contributed by atoms with van der Waals surface area (Å²) in [5.74, 6) is -0.756. The quantitative estimate of drug-likeness (QED) is 0.613. The van der Waals surface area contributed by atoms with Crippen molar-refractivity contribution in [3.63, 3.8) is 0 Å². The summed E-state index contributed by atoms with van der Waals surface area (Å²) in [6.07, 6.45) is 0.0837. The second-order valence-electron chi connectivity index (χ2n) is 6.40. The number of aromatic nitrogens is 2. The molecule has 0 saturated heterocycles. The van der Waals surface area contributed by atoms with Gasteiger partial charge in [-0.1, -0.05) is 48.5 Å². The van der Waals surface area contributed by atoms with Crippen LogP contribution in [0, 0.1) is 0 Å². The van der Waals surface area contributed by atoms with Crippen molar-refractivity contribution in [3.05, 3.63) is 76.2 Å². The molecule has 0 bridgehead atoms. The zero-order valence-electron chi connectivity index (χ0n) is 15.8. The number of carbonyl (C=O) groups is 2. The van der Waals surface area contributed by atoms with E-state index in [1.54, 1.807) is 31.3 Å². The van der Waals surface area contributed by atoms with E-state index in [1.165, 1.54) is 16.7 Å². The number of hydrogen-bond donors (Lipinski definition) is 0. The van der Waals surface area contributed by atoms with Gasteiger partial charge in [0.05, 0.1) is 25.5 Å². The molecule has 0 spiro atoms. The van der Waals surface area contributed by atoms with Crippen LogP contribution < -0.4 is 5.56 Å². The van der Waals surface area contributed by atoms with E-state index in [0.717, 1.165) is 5.56 Å². The van der Waals surface area contributed by atoms with Crippen LogP contribution in [0.15, 0.2) is 59.4 Å². The Bertz CT molecular complexity index is 1060. The zero-order valence-corrected chi connectivity index (χ0v) is 15.8. The minimum absolute atomic E-state index is 0.0837. The molecule has 0 saturated carbocycles. The molecule has 0 unspecified atom stereocenters. The highest BCUT2D eigenvalue weighted by atomic mass is 16.5. The maximum absolute atomic E-state index is 13.0. The van der Waals surface area contributed by atoms with Crippen LogP contribution in [0.25, 0.3) is 10.8 Å². The van der Waals surface area contributed by atoms with E-state index >= 15 is 0 Å². The smallest absolute Gasteiger partial charge is 0.307 e. The molecule has 0 atom stereocenters.